The summed E-state index contributed by atoms with van der Waals surface area (Å²) >= 11 is 0. The topological polar surface area (TPSA) is 83.9 Å². The number of aromatic nitrogens is 3. The van der Waals surface area contributed by atoms with E-state index in [0.717, 1.165) is 55.1 Å². The summed E-state index contributed by atoms with van der Waals surface area (Å²) in [7, 11) is 1.64. The molecule has 2 aliphatic rings. The van der Waals surface area contributed by atoms with Crippen LogP contribution in [0.1, 0.15) is 32.3 Å². The summed E-state index contributed by atoms with van der Waals surface area (Å²) in [6.07, 6.45) is 6.93. The van der Waals surface area contributed by atoms with Crippen LogP contribution in [0.2, 0.25) is 0 Å². The number of nitrogens with zero attached hydrogens (tertiary/aromatic N) is 6. The summed E-state index contributed by atoms with van der Waals surface area (Å²) in [4.78, 5) is 33.1. The number of pyridine rings is 1. The lowest BCUT2D eigenvalue weighted by Gasteiger charge is -2.44. The van der Waals surface area contributed by atoms with Crippen molar-refractivity contribution >= 4 is 22.9 Å². The van der Waals surface area contributed by atoms with Crippen LogP contribution in [0.15, 0.2) is 48.9 Å². The summed E-state index contributed by atoms with van der Waals surface area (Å²) in [6, 6.07) is 9.80. The fourth-order valence-corrected chi connectivity index (χ4v) is 5.26. The highest BCUT2D eigenvalue weighted by Gasteiger charge is 2.36. The Kier molecular flexibility index (Phi) is 7.18. The van der Waals surface area contributed by atoms with Crippen LogP contribution in [-0.4, -0.2) is 82.3 Å². The fraction of sp³-hybridized carbons (Fsp3) is 0.481. The van der Waals surface area contributed by atoms with Gasteiger partial charge in [-0.3, -0.25) is 19.8 Å². The summed E-state index contributed by atoms with van der Waals surface area (Å²) in [5.74, 6) is 1.58. The fourth-order valence-electron chi connectivity index (χ4n) is 5.26. The lowest BCUT2D eigenvalue weighted by molar-refractivity contribution is 0.0100. The van der Waals surface area contributed by atoms with E-state index in [0.29, 0.717) is 13.1 Å². The number of benzene rings is 1. The summed E-state index contributed by atoms with van der Waals surface area (Å²) in [5, 5.41) is 0. The van der Waals surface area contributed by atoms with Crippen molar-refractivity contribution in [3.8, 4) is 5.75 Å². The van der Waals surface area contributed by atoms with Crippen LogP contribution in [0.25, 0.3) is 11.0 Å². The molecule has 0 unspecified atom stereocenters. The van der Waals surface area contributed by atoms with Crippen molar-refractivity contribution in [3.63, 3.8) is 0 Å². The van der Waals surface area contributed by atoms with Crippen molar-refractivity contribution in [2.24, 2.45) is 0 Å². The molecule has 9 heteroatoms. The Balaban J connectivity index is 1.16. The first-order valence-electron chi connectivity index (χ1n) is 12.7. The number of carbonyl (C=O) groups is 1. The maximum atomic E-state index is 13.2. The van der Waals surface area contributed by atoms with E-state index in [1.807, 2.05) is 35.5 Å². The molecule has 2 fully saturated rings. The third kappa shape index (κ3) is 5.36. The van der Waals surface area contributed by atoms with Crippen molar-refractivity contribution in [2.75, 3.05) is 38.2 Å². The van der Waals surface area contributed by atoms with Crippen LogP contribution >= 0.6 is 0 Å². The molecular weight excluding hydrogens is 456 g/mol. The van der Waals surface area contributed by atoms with E-state index < -0.39 is 0 Å². The van der Waals surface area contributed by atoms with E-state index in [1.54, 1.807) is 13.3 Å². The minimum absolute atomic E-state index is 0.00129. The van der Waals surface area contributed by atoms with Crippen molar-refractivity contribution in [3.05, 3.63) is 54.5 Å². The van der Waals surface area contributed by atoms with Gasteiger partial charge in [0, 0.05) is 51.2 Å². The second kappa shape index (κ2) is 10.7. The van der Waals surface area contributed by atoms with Gasteiger partial charge in [0.1, 0.15) is 17.7 Å². The van der Waals surface area contributed by atoms with Crippen molar-refractivity contribution < 1.29 is 14.3 Å². The Morgan fingerprint density at radius 2 is 1.75 bits per heavy atom. The van der Waals surface area contributed by atoms with E-state index in [4.69, 9.17) is 14.5 Å². The van der Waals surface area contributed by atoms with E-state index in [1.165, 1.54) is 5.56 Å². The molecule has 9 nitrogen and oxygen atoms in total. The predicted octanol–water partition coefficient (Wildman–Crippen LogP) is 3.73. The average Bonchev–Trinajstić information content (AvgIpc) is 2.89. The molecule has 3 aromatic rings. The van der Waals surface area contributed by atoms with Gasteiger partial charge in [0.25, 0.3) is 0 Å². The molecule has 1 amide bonds. The normalized spacial score (nSPS) is 21.5. The highest BCUT2D eigenvalue weighted by molar-refractivity contribution is 5.77. The Bertz CT molecular complexity index is 1170. The van der Waals surface area contributed by atoms with E-state index in [2.05, 4.69) is 45.7 Å². The van der Waals surface area contributed by atoms with Crippen molar-refractivity contribution in [2.45, 2.75) is 51.4 Å². The predicted molar refractivity (Wildman–Crippen MR) is 138 cm³/mol. The van der Waals surface area contributed by atoms with Crippen LogP contribution < -0.4 is 9.64 Å². The molecular formula is C27H34N6O3. The Labute approximate surface area is 212 Å². The molecule has 0 bridgehead atoms. The van der Waals surface area contributed by atoms with Gasteiger partial charge in [-0.15, -0.1) is 0 Å². The number of methoxy groups -OCH3 is 1. The molecule has 2 saturated heterocycles. The molecule has 2 atom stereocenters. The summed E-state index contributed by atoms with van der Waals surface area (Å²) in [6.45, 7) is 8.25. The molecule has 2 aliphatic heterocycles. The molecule has 2 aromatic heterocycles. The molecule has 0 N–H and O–H groups in total. The zero-order valence-corrected chi connectivity index (χ0v) is 21.2. The number of hydrogen-bond donors (Lipinski definition) is 0. The van der Waals surface area contributed by atoms with Gasteiger partial charge in [-0.25, -0.2) is 9.78 Å². The third-order valence-electron chi connectivity index (χ3n) is 7.15. The van der Waals surface area contributed by atoms with Crippen LogP contribution in [0.4, 0.5) is 10.6 Å². The molecule has 0 saturated carbocycles. The maximum absolute atomic E-state index is 13.2. The zero-order chi connectivity index (χ0) is 25.1. The highest BCUT2D eigenvalue weighted by Crippen LogP contribution is 2.25. The van der Waals surface area contributed by atoms with Gasteiger partial charge in [0.2, 0.25) is 0 Å². The van der Waals surface area contributed by atoms with Gasteiger partial charge >= 0.3 is 6.09 Å². The largest absolute Gasteiger partial charge is 0.497 e. The SMILES string of the molecule is COc1ccc2nc(N3C[C@@H](C)N(C(=O)OC4CCN(Cc5ccncc5)CC4)[C@@H](C)C3)cnc2c1. The minimum Gasteiger partial charge on any atom is -0.497 e. The number of piperidine rings is 1. The van der Waals surface area contributed by atoms with Crippen LogP contribution in [0, 0.1) is 0 Å². The van der Waals surface area contributed by atoms with Gasteiger partial charge in [0.05, 0.1) is 36.4 Å². The lowest BCUT2D eigenvalue weighted by Crippen LogP contribution is -2.59. The van der Waals surface area contributed by atoms with Gasteiger partial charge < -0.3 is 14.4 Å². The Morgan fingerprint density at radius 1 is 1.03 bits per heavy atom. The number of rotatable bonds is 5. The van der Waals surface area contributed by atoms with Gasteiger partial charge in [0.15, 0.2) is 0 Å². The standard InChI is InChI=1S/C27H34N6O3/c1-19-16-32(26-15-29-25-14-23(35-3)4-5-24(25)30-26)17-20(2)33(19)27(34)36-22-8-12-31(13-9-22)18-21-6-10-28-11-7-21/h4-7,10-11,14-15,19-20,22H,8-9,12-13,16-18H2,1-3H3/t19-,20+. The quantitative estimate of drug-likeness (QED) is 0.535. The second-order valence-electron chi connectivity index (χ2n) is 9.81. The average molecular weight is 491 g/mol. The van der Waals surface area contributed by atoms with Crippen LogP contribution in [0.3, 0.4) is 0 Å². The number of carbonyl (C=O) groups excluding carboxylic acids is 1. The monoisotopic (exact) mass is 490 g/mol. The highest BCUT2D eigenvalue weighted by atomic mass is 16.6. The van der Waals surface area contributed by atoms with Gasteiger partial charge in [-0.2, -0.15) is 0 Å². The number of amides is 1. The number of anilines is 1. The summed E-state index contributed by atoms with van der Waals surface area (Å²) < 4.78 is 11.3. The molecule has 0 radical (unpaired) electrons. The van der Waals surface area contributed by atoms with Gasteiger partial charge in [-0.05, 0) is 56.5 Å². The third-order valence-corrected chi connectivity index (χ3v) is 7.15. The molecule has 5 rings (SSSR count). The number of piperazine rings is 1. The Morgan fingerprint density at radius 3 is 2.44 bits per heavy atom. The number of fused-ring (bicyclic) bond motifs is 1. The minimum atomic E-state index is -0.209. The number of ether oxygens (including phenoxy) is 2. The number of hydrogen-bond acceptors (Lipinski definition) is 8. The van der Waals surface area contributed by atoms with E-state index in [9.17, 15) is 4.79 Å². The van der Waals surface area contributed by atoms with Crippen molar-refractivity contribution in [1.82, 2.24) is 24.8 Å². The lowest BCUT2D eigenvalue weighted by atomic mass is 10.1. The first kappa shape index (κ1) is 24.2. The zero-order valence-electron chi connectivity index (χ0n) is 21.2. The first-order valence-corrected chi connectivity index (χ1v) is 12.7. The van der Waals surface area contributed by atoms with Gasteiger partial charge in [-0.1, -0.05) is 0 Å². The van der Waals surface area contributed by atoms with Crippen molar-refractivity contribution in [1.29, 1.82) is 0 Å². The van der Waals surface area contributed by atoms with E-state index in [-0.39, 0.29) is 24.3 Å². The molecule has 36 heavy (non-hydrogen) atoms. The molecule has 4 heterocycles. The Hall–Kier alpha value is -3.46. The molecule has 0 spiro atoms. The second-order valence-corrected chi connectivity index (χ2v) is 9.81. The van der Waals surface area contributed by atoms with Crippen LogP contribution in [-0.2, 0) is 11.3 Å². The molecule has 190 valence electrons. The molecule has 1 aromatic carbocycles. The smallest absolute Gasteiger partial charge is 0.410 e. The summed E-state index contributed by atoms with van der Waals surface area (Å²) in [5.41, 5.74) is 2.88. The first-order chi connectivity index (χ1) is 17.5. The van der Waals surface area contributed by atoms with E-state index >= 15 is 0 Å². The maximum Gasteiger partial charge on any atom is 0.410 e. The molecule has 0 aliphatic carbocycles. The van der Waals surface area contributed by atoms with Crippen LogP contribution in [0.5, 0.6) is 5.75 Å². The number of likely N-dealkylation sites (tertiary alicyclic amines) is 1.